The molecule has 0 aromatic heterocycles. The number of rotatable bonds is 2. The summed E-state index contributed by atoms with van der Waals surface area (Å²) in [6.45, 7) is 2.88. The summed E-state index contributed by atoms with van der Waals surface area (Å²) in [7, 11) is 0. The van der Waals surface area contributed by atoms with Crippen LogP contribution < -0.4 is 10.6 Å². The van der Waals surface area contributed by atoms with E-state index in [2.05, 4.69) is 10.6 Å². The second kappa shape index (κ2) is 6.38. The maximum atomic E-state index is 12.1. The third kappa shape index (κ3) is 3.71. The summed E-state index contributed by atoms with van der Waals surface area (Å²) in [4.78, 5) is 25.0. The van der Waals surface area contributed by atoms with Gasteiger partial charge in [-0.05, 0) is 31.0 Å². The Bertz CT molecular complexity index is 502. The number of carbonyl (C=O) groups excluding carboxylic acids is 2. The fourth-order valence-electron chi connectivity index (χ4n) is 2.06. The van der Waals surface area contributed by atoms with E-state index in [4.69, 9.17) is 0 Å². The number of urea groups is 1. The molecule has 108 valence electrons. The molecule has 0 saturated carbocycles. The van der Waals surface area contributed by atoms with E-state index < -0.39 is 6.10 Å². The number of nitrogens with zero attached hydrogens (tertiary/aromatic N) is 1. The molecule has 0 spiro atoms. The van der Waals surface area contributed by atoms with Crippen molar-refractivity contribution >= 4 is 17.6 Å². The van der Waals surface area contributed by atoms with Crippen LogP contribution in [0.15, 0.2) is 24.3 Å². The minimum atomic E-state index is -0.587. The molecule has 0 radical (unpaired) electrons. The zero-order valence-corrected chi connectivity index (χ0v) is 11.4. The van der Waals surface area contributed by atoms with Crippen molar-refractivity contribution in [3.05, 3.63) is 29.8 Å². The van der Waals surface area contributed by atoms with Crippen LogP contribution in [0.1, 0.15) is 25.0 Å². The van der Waals surface area contributed by atoms with Crippen molar-refractivity contribution in [3.63, 3.8) is 0 Å². The maximum Gasteiger partial charge on any atom is 0.322 e. The van der Waals surface area contributed by atoms with Gasteiger partial charge in [0.1, 0.15) is 6.54 Å². The van der Waals surface area contributed by atoms with Crippen LogP contribution in [0, 0.1) is 0 Å². The molecule has 1 aliphatic rings. The van der Waals surface area contributed by atoms with Gasteiger partial charge >= 0.3 is 6.03 Å². The molecule has 0 aliphatic carbocycles. The van der Waals surface area contributed by atoms with Crippen LogP contribution >= 0.6 is 0 Å². The second-order valence-electron chi connectivity index (χ2n) is 4.86. The minimum Gasteiger partial charge on any atom is -0.389 e. The smallest absolute Gasteiger partial charge is 0.322 e. The SMILES string of the molecule is CC(O)c1cccc(NC(=O)N2CCCNC(=O)C2)c1. The fourth-order valence-corrected chi connectivity index (χ4v) is 2.06. The average molecular weight is 277 g/mol. The van der Waals surface area contributed by atoms with E-state index in [-0.39, 0.29) is 18.5 Å². The molecule has 2 rings (SSSR count). The molecule has 1 aromatic rings. The largest absolute Gasteiger partial charge is 0.389 e. The van der Waals surface area contributed by atoms with Crippen LogP contribution in [0.25, 0.3) is 0 Å². The van der Waals surface area contributed by atoms with E-state index in [0.29, 0.717) is 18.8 Å². The molecule has 1 unspecified atom stereocenters. The zero-order valence-electron chi connectivity index (χ0n) is 11.4. The van der Waals surface area contributed by atoms with Crippen LogP contribution in [-0.2, 0) is 4.79 Å². The van der Waals surface area contributed by atoms with Gasteiger partial charge < -0.3 is 20.6 Å². The van der Waals surface area contributed by atoms with Crippen molar-refractivity contribution in [2.24, 2.45) is 0 Å². The molecule has 1 fully saturated rings. The summed E-state index contributed by atoms with van der Waals surface area (Å²) >= 11 is 0. The van der Waals surface area contributed by atoms with Gasteiger partial charge in [0.05, 0.1) is 6.10 Å². The van der Waals surface area contributed by atoms with Crippen LogP contribution in [-0.4, -0.2) is 41.6 Å². The Morgan fingerprint density at radius 3 is 3.05 bits per heavy atom. The number of amides is 3. The van der Waals surface area contributed by atoms with E-state index in [1.54, 1.807) is 31.2 Å². The molecular formula is C14H19N3O3. The van der Waals surface area contributed by atoms with Crippen molar-refractivity contribution < 1.29 is 14.7 Å². The van der Waals surface area contributed by atoms with Crippen molar-refractivity contribution in [2.75, 3.05) is 25.0 Å². The highest BCUT2D eigenvalue weighted by Gasteiger charge is 2.19. The molecular weight excluding hydrogens is 258 g/mol. The summed E-state index contributed by atoms with van der Waals surface area (Å²) < 4.78 is 0. The molecule has 1 aromatic carbocycles. The van der Waals surface area contributed by atoms with Gasteiger partial charge in [0.25, 0.3) is 0 Å². The van der Waals surface area contributed by atoms with E-state index >= 15 is 0 Å². The van der Waals surface area contributed by atoms with E-state index in [0.717, 1.165) is 12.0 Å². The Labute approximate surface area is 117 Å². The highest BCUT2D eigenvalue weighted by Crippen LogP contribution is 2.17. The first kappa shape index (κ1) is 14.3. The first-order valence-electron chi connectivity index (χ1n) is 6.67. The molecule has 1 saturated heterocycles. The predicted molar refractivity (Wildman–Crippen MR) is 75.3 cm³/mol. The Kier molecular flexibility index (Phi) is 4.57. The molecule has 1 heterocycles. The topological polar surface area (TPSA) is 81.7 Å². The summed E-state index contributed by atoms with van der Waals surface area (Å²) in [5.74, 6) is -0.143. The highest BCUT2D eigenvalue weighted by molar-refractivity contribution is 5.92. The van der Waals surface area contributed by atoms with E-state index in [1.165, 1.54) is 4.90 Å². The van der Waals surface area contributed by atoms with Gasteiger partial charge in [0.15, 0.2) is 0 Å². The van der Waals surface area contributed by atoms with Crippen LogP contribution in [0.2, 0.25) is 0 Å². The van der Waals surface area contributed by atoms with E-state index in [1.807, 2.05) is 0 Å². The number of carbonyl (C=O) groups is 2. The summed E-state index contributed by atoms with van der Waals surface area (Å²) in [6.07, 6.45) is 0.156. The molecule has 6 heteroatoms. The van der Waals surface area contributed by atoms with Crippen molar-refractivity contribution in [3.8, 4) is 0 Å². The monoisotopic (exact) mass is 277 g/mol. The third-order valence-corrected chi connectivity index (χ3v) is 3.17. The number of aliphatic hydroxyl groups is 1. The van der Waals surface area contributed by atoms with Gasteiger partial charge in [-0.15, -0.1) is 0 Å². The summed E-state index contributed by atoms with van der Waals surface area (Å²) in [5, 5.41) is 15.0. The highest BCUT2D eigenvalue weighted by atomic mass is 16.3. The minimum absolute atomic E-state index is 0.0714. The Hall–Kier alpha value is -2.08. The number of hydrogen-bond acceptors (Lipinski definition) is 3. The molecule has 3 amide bonds. The normalized spacial score (nSPS) is 17.1. The summed E-state index contributed by atoms with van der Waals surface area (Å²) in [6, 6.07) is 6.74. The van der Waals surface area contributed by atoms with Crippen LogP contribution in [0.4, 0.5) is 10.5 Å². The first-order chi connectivity index (χ1) is 9.56. The lowest BCUT2D eigenvalue weighted by molar-refractivity contribution is -0.120. The Morgan fingerprint density at radius 2 is 2.30 bits per heavy atom. The molecule has 1 aliphatic heterocycles. The molecule has 3 N–H and O–H groups in total. The standard InChI is InChI=1S/C14H19N3O3/c1-10(18)11-4-2-5-12(8-11)16-14(20)17-7-3-6-15-13(19)9-17/h2,4-5,8,10,18H,3,6-7,9H2,1H3,(H,15,19)(H,16,20). The molecule has 6 nitrogen and oxygen atoms in total. The lowest BCUT2D eigenvalue weighted by Crippen LogP contribution is -2.39. The van der Waals surface area contributed by atoms with Gasteiger partial charge in [0.2, 0.25) is 5.91 Å². The fraction of sp³-hybridized carbons (Fsp3) is 0.429. The van der Waals surface area contributed by atoms with Crippen molar-refractivity contribution in [2.45, 2.75) is 19.4 Å². The Morgan fingerprint density at radius 1 is 1.50 bits per heavy atom. The quantitative estimate of drug-likeness (QED) is 0.757. The molecule has 20 heavy (non-hydrogen) atoms. The zero-order chi connectivity index (χ0) is 14.5. The first-order valence-corrected chi connectivity index (χ1v) is 6.67. The van der Waals surface area contributed by atoms with Gasteiger partial charge in [-0.1, -0.05) is 12.1 Å². The lowest BCUT2D eigenvalue weighted by atomic mass is 10.1. The number of hydrogen-bond donors (Lipinski definition) is 3. The van der Waals surface area contributed by atoms with Crippen LogP contribution in [0.5, 0.6) is 0 Å². The Balaban J connectivity index is 2.03. The molecule has 0 bridgehead atoms. The number of anilines is 1. The van der Waals surface area contributed by atoms with E-state index in [9.17, 15) is 14.7 Å². The number of nitrogens with one attached hydrogen (secondary N) is 2. The number of benzene rings is 1. The van der Waals surface area contributed by atoms with Gasteiger partial charge in [0, 0.05) is 18.8 Å². The summed E-state index contributed by atoms with van der Waals surface area (Å²) in [5.41, 5.74) is 1.34. The second-order valence-corrected chi connectivity index (χ2v) is 4.86. The van der Waals surface area contributed by atoms with Crippen molar-refractivity contribution in [1.82, 2.24) is 10.2 Å². The predicted octanol–water partition coefficient (Wildman–Crippen LogP) is 1.09. The van der Waals surface area contributed by atoms with Gasteiger partial charge in [-0.2, -0.15) is 0 Å². The number of aliphatic hydroxyl groups excluding tert-OH is 1. The van der Waals surface area contributed by atoms with Gasteiger partial charge in [-0.25, -0.2) is 4.79 Å². The van der Waals surface area contributed by atoms with Crippen LogP contribution in [0.3, 0.4) is 0 Å². The third-order valence-electron chi connectivity index (χ3n) is 3.17. The van der Waals surface area contributed by atoms with Gasteiger partial charge in [-0.3, -0.25) is 4.79 Å². The lowest BCUT2D eigenvalue weighted by Gasteiger charge is -2.20. The van der Waals surface area contributed by atoms with Crippen molar-refractivity contribution in [1.29, 1.82) is 0 Å². The maximum absolute atomic E-state index is 12.1. The molecule has 1 atom stereocenters. The average Bonchev–Trinajstić information content (AvgIpc) is 2.63.